The van der Waals surface area contributed by atoms with Crippen LogP contribution in [0.15, 0.2) is 39.9 Å². The lowest BCUT2D eigenvalue weighted by molar-refractivity contribution is 0.201. The molecule has 1 saturated heterocycles. The van der Waals surface area contributed by atoms with E-state index in [-0.39, 0.29) is 50.4 Å². The fraction of sp³-hybridized carbons (Fsp3) is 0.444. The molecule has 40 heavy (non-hydrogen) atoms. The van der Waals surface area contributed by atoms with Gasteiger partial charge in [0.25, 0.3) is 5.56 Å². The first kappa shape index (κ1) is 28.5. The molecule has 1 aliphatic carbocycles. The third-order valence-corrected chi connectivity index (χ3v) is 10.5. The Hall–Kier alpha value is -3.05. The van der Waals surface area contributed by atoms with E-state index in [1.165, 1.54) is 13.1 Å². The minimum Gasteiger partial charge on any atom is -0.452 e. The number of nitriles is 1. The molecular weight excluding hydrogens is 603 g/mol. The molecule has 1 unspecified atom stereocenters. The molecule has 2 heterocycles. The standard InChI is InChI=1S/C27H30BrFN6O4S/c1-3-34(2)40(37,38)33-20-5-4-19(29)25(18(20)15-30)39-22-7-6-21-23(24(22)28)26(36)35(16-32-21)17-8-9-27(14-17)10-12-31-13-11-27/h4-7,16-17,31,33H,3,8-14H2,1-2H3. The van der Waals surface area contributed by atoms with Gasteiger partial charge in [-0.05, 0) is 90.8 Å². The third kappa shape index (κ3) is 5.21. The molecule has 0 amide bonds. The lowest BCUT2D eigenvalue weighted by Gasteiger charge is -2.34. The van der Waals surface area contributed by atoms with Gasteiger partial charge in [-0.2, -0.15) is 18.0 Å². The fourth-order valence-electron chi connectivity index (χ4n) is 5.68. The van der Waals surface area contributed by atoms with Gasteiger partial charge < -0.3 is 10.1 Å². The molecule has 1 saturated carbocycles. The molecule has 3 aromatic rings. The number of piperidine rings is 1. The summed E-state index contributed by atoms with van der Waals surface area (Å²) in [5.41, 5.74) is -0.00502. The molecule has 2 N–H and O–H groups in total. The highest BCUT2D eigenvalue weighted by molar-refractivity contribution is 9.10. The summed E-state index contributed by atoms with van der Waals surface area (Å²) in [7, 11) is -2.60. The second-order valence-electron chi connectivity index (χ2n) is 10.4. The number of benzene rings is 2. The first-order valence-corrected chi connectivity index (χ1v) is 15.4. The number of hydrogen-bond donors (Lipinski definition) is 2. The van der Waals surface area contributed by atoms with E-state index in [0.717, 1.165) is 61.6 Å². The van der Waals surface area contributed by atoms with Crippen molar-refractivity contribution in [1.29, 1.82) is 5.26 Å². The zero-order chi connectivity index (χ0) is 28.7. The van der Waals surface area contributed by atoms with Crippen LogP contribution >= 0.6 is 15.9 Å². The van der Waals surface area contributed by atoms with E-state index in [1.54, 1.807) is 23.9 Å². The molecular formula is C27H30BrFN6O4S. The Bertz CT molecular complexity index is 1670. The van der Waals surface area contributed by atoms with Gasteiger partial charge in [-0.25, -0.2) is 9.37 Å². The Morgan fingerprint density at radius 3 is 2.75 bits per heavy atom. The number of nitrogens with one attached hydrogen (secondary N) is 2. The second-order valence-corrected chi connectivity index (χ2v) is 13.0. The van der Waals surface area contributed by atoms with Crippen molar-refractivity contribution in [3.05, 3.63) is 56.8 Å². The quantitative estimate of drug-likeness (QED) is 0.387. The van der Waals surface area contributed by atoms with Gasteiger partial charge in [0, 0.05) is 19.6 Å². The summed E-state index contributed by atoms with van der Waals surface area (Å²) in [6, 6.07) is 7.16. The van der Waals surface area contributed by atoms with Crippen LogP contribution in [0.5, 0.6) is 11.5 Å². The van der Waals surface area contributed by atoms with Gasteiger partial charge in [-0.1, -0.05) is 6.92 Å². The summed E-state index contributed by atoms with van der Waals surface area (Å²) in [5.74, 6) is -1.24. The molecule has 2 aromatic carbocycles. The number of anilines is 1. The molecule has 0 radical (unpaired) electrons. The van der Waals surface area contributed by atoms with Crippen LogP contribution in [0.1, 0.15) is 50.6 Å². The van der Waals surface area contributed by atoms with Crippen molar-refractivity contribution in [2.75, 3.05) is 31.4 Å². The molecule has 5 rings (SSSR count). The van der Waals surface area contributed by atoms with Crippen LogP contribution in [0.3, 0.4) is 0 Å². The Kier molecular flexibility index (Phi) is 7.89. The average Bonchev–Trinajstić information content (AvgIpc) is 3.34. The Labute approximate surface area is 240 Å². The normalized spacial score (nSPS) is 18.8. The van der Waals surface area contributed by atoms with Crippen molar-refractivity contribution in [3.8, 4) is 17.6 Å². The van der Waals surface area contributed by atoms with E-state index in [0.29, 0.717) is 5.52 Å². The number of hydrogen-bond acceptors (Lipinski definition) is 7. The van der Waals surface area contributed by atoms with E-state index in [4.69, 9.17) is 4.74 Å². The monoisotopic (exact) mass is 632 g/mol. The van der Waals surface area contributed by atoms with E-state index in [9.17, 15) is 22.9 Å². The van der Waals surface area contributed by atoms with Crippen molar-refractivity contribution in [2.24, 2.45) is 5.41 Å². The lowest BCUT2D eigenvalue weighted by atomic mass is 9.77. The molecule has 0 bridgehead atoms. The van der Waals surface area contributed by atoms with Gasteiger partial charge in [-0.15, -0.1) is 0 Å². The molecule has 1 spiro atoms. The molecule has 13 heteroatoms. The number of ether oxygens (including phenoxy) is 1. The van der Waals surface area contributed by atoms with Gasteiger partial charge in [0.2, 0.25) is 0 Å². The smallest absolute Gasteiger partial charge is 0.301 e. The van der Waals surface area contributed by atoms with E-state index in [2.05, 4.69) is 31.0 Å². The SMILES string of the molecule is CCN(C)S(=O)(=O)Nc1ccc(F)c(Oc2ccc3ncn(C4CCC5(CCNCC5)C4)c(=O)c3c2Br)c1C#N. The van der Waals surface area contributed by atoms with Gasteiger partial charge in [0.1, 0.15) is 17.4 Å². The highest BCUT2D eigenvalue weighted by Crippen LogP contribution is 2.49. The van der Waals surface area contributed by atoms with E-state index in [1.807, 2.05) is 6.07 Å². The molecule has 2 aliphatic rings. The van der Waals surface area contributed by atoms with E-state index >= 15 is 0 Å². The Morgan fingerprint density at radius 2 is 2.05 bits per heavy atom. The second kappa shape index (κ2) is 11.1. The van der Waals surface area contributed by atoms with Gasteiger partial charge in [0.15, 0.2) is 11.6 Å². The highest BCUT2D eigenvalue weighted by atomic mass is 79.9. The molecule has 1 aliphatic heterocycles. The summed E-state index contributed by atoms with van der Waals surface area (Å²) in [6.07, 6.45) is 6.67. The fourth-order valence-corrected chi connectivity index (χ4v) is 7.21. The number of fused-ring (bicyclic) bond motifs is 1. The maximum Gasteiger partial charge on any atom is 0.301 e. The van der Waals surface area contributed by atoms with Crippen LogP contribution < -0.4 is 20.3 Å². The molecule has 10 nitrogen and oxygen atoms in total. The summed E-state index contributed by atoms with van der Waals surface area (Å²) in [4.78, 5) is 18.2. The first-order valence-electron chi connectivity index (χ1n) is 13.1. The van der Waals surface area contributed by atoms with Crippen LogP contribution in [0, 0.1) is 22.6 Å². The predicted octanol–water partition coefficient (Wildman–Crippen LogP) is 4.67. The number of aromatic nitrogens is 2. The number of nitrogens with zero attached hydrogens (tertiary/aromatic N) is 4. The van der Waals surface area contributed by atoms with Crippen LogP contribution in [0.2, 0.25) is 0 Å². The maximum absolute atomic E-state index is 15.0. The molecule has 1 aromatic heterocycles. The number of rotatable bonds is 7. The molecule has 2 fully saturated rings. The van der Waals surface area contributed by atoms with Gasteiger partial charge >= 0.3 is 10.2 Å². The summed E-state index contributed by atoms with van der Waals surface area (Å²) >= 11 is 3.46. The first-order chi connectivity index (χ1) is 19.1. The summed E-state index contributed by atoms with van der Waals surface area (Å²) in [6.45, 7) is 3.82. The predicted molar refractivity (Wildman–Crippen MR) is 153 cm³/mol. The average molecular weight is 634 g/mol. The summed E-state index contributed by atoms with van der Waals surface area (Å²) < 4.78 is 51.2. The minimum atomic E-state index is -3.98. The molecule has 212 valence electrons. The van der Waals surface area contributed by atoms with Crippen molar-refractivity contribution in [1.82, 2.24) is 19.2 Å². The van der Waals surface area contributed by atoms with Crippen LogP contribution in [-0.4, -0.2) is 49.0 Å². The van der Waals surface area contributed by atoms with Crippen LogP contribution in [-0.2, 0) is 10.2 Å². The lowest BCUT2D eigenvalue weighted by Crippen LogP contribution is -2.35. The van der Waals surface area contributed by atoms with Crippen LogP contribution in [0.4, 0.5) is 10.1 Å². The largest absolute Gasteiger partial charge is 0.452 e. The Morgan fingerprint density at radius 1 is 1.30 bits per heavy atom. The minimum absolute atomic E-state index is 0.0348. The van der Waals surface area contributed by atoms with Crippen molar-refractivity contribution in [2.45, 2.75) is 45.1 Å². The topological polar surface area (TPSA) is 129 Å². The summed E-state index contributed by atoms with van der Waals surface area (Å²) in [5, 5.41) is 13.5. The zero-order valence-electron chi connectivity index (χ0n) is 22.2. The van der Waals surface area contributed by atoms with Gasteiger partial charge in [0.05, 0.1) is 27.4 Å². The highest BCUT2D eigenvalue weighted by Gasteiger charge is 2.40. The maximum atomic E-state index is 15.0. The van der Waals surface area contributed by atoms with E-state index < -0.39 is 21.8 Å². The molecule has 1 atom stereocenters. The van der Waals surface area contributed by atoms with Crippen molar-refractivity contribution < 1.29 is 17.5 Å². The van der Waals surface area contributed by atoms with Crippen molar-refractivity contribution >= 4 is 42.7 Å². The third-order valence-electron chi connectivity index (χ3n) is 8.12. The zero-order valence-corrected chi connectivity index (χ0v) is 24.6. The number of halogens is 2. The van der Waals surface area contributed by atoms with Gasteiger partial charge in [-0.3, -0.25) is 14.1 Å². The van der Waals surface area contributed by atoms with Crippen molar-refractivity contribution in [3.63, 3.8) is 0 Å². The van der Waals surface area contributed by atoms with Crippen LogP contribution in [0.25, 0.3) is 10.9 Å². The Balaban J connectivity index is 1.51.